The molecule has 0 aliphatic carbocycles. The lowest BCUT2D eigenvalue weighted by Gasteiger charge is -2.21. The molecule has 0 aliphatic heterocycles. The highest BCUT2D eigenvalue weighted by molar-refractivity contribution is 5.74. The van der Waals surface area contributed by atoms with Crippen molar-refractivity contribution >= 4 is 5.65 Å². The third kappa shape index (κ3) is 3.88. The summed E-state index contributed by atoms with van der Waals surface area (Å²) in [6.07, 6.45) is 0. The van der Waals surface area contributed by atoms with Gasteiger partial charge in [-0.15, -0.1) is 5.10 Å². The van der Waals surface area contributed by atoms with Gasteiger partial charge in [0.05, 0.1) is 24.3 Å². The number of benzene rings is 2. The fourth-order valence-electron chi connectivity index (χ4n) is 3.68. The van der Waals surface area contributed by atoms with E-state index in [1.807, 2.05) is 74.5 Å². The van der Waals surface area contributed by atoms with Gasteiger partial charge in [-0.3, -0.25) is 4.79 Å². The second kappa shape index (κ2) is 8.21. The van der Waals surface area contributed by atoms with Crippen LogP contribution in [0, 0.1) is 18.3 Å². The Morgan fingerprint density at radius 3 is 2.39 bits per heavy atom. The van der Waals surface area contributed by atoms with Gasteiger partial charge in [-0.05, 0) is 23.6 Å². The Morgan fingerprint density at radius 2 is 1.74 bits per heavy atom. The molecule has 2 aromatic heterocycles. The number of fused-ring (bicyclic) bond motifs is 1. The molecule has 31 heavy (non-hydrogen) atoms. The van der Waals surface area contributed by atoms with E-state index in [9.17, 15) is 10.1 Å². The fraction of sp³-hybridized carbons (Fsp3) is 0.240. The summed E-state index contributed by atoms with van der Waals surface area (Å²) in [5.41, 5.74) is 3.09. The van der Waals surface area contributed by atoms with Gasteiger partial charge in [0.25, 0.3) is 5.56 Å². The van der Waals surface area contributed by atoms with E-state index in [1.54, 1.807) is 6.92 Å². The third-order valence-electron chi connectivity index (χ3n) is 5.43. The minimum Gasteiger partial charge on any atom is -0.376 e. The summed E-state index contributed by atoms with van der Waals surface area (Å²) < 4.78 is 7.23. The van der Waals surface area contributed by atoms with E-state index in [1.165, 1.54) is 4.52 Å². The molecule has 6 nitrogen and oxygen atoms in total. The lowest BCUT2D eigenvalue weighted by molar-refractivity contribution is 0.0797. The zero-order chi connectivity index (χ0) is 22.0. The summed E-state index contributed by atoms with van der Waals surface area (Å²) in [6.45, 7) is 6.69. The van der Waals surface area contributed by atoms with E-state index in [2.05, 4.69) is 16.2 Å². The average Bonchev–Trinajstić information content (AvgIpc) is 3.22. The van der Waals surface area contributed by atoms with Crippen LogP contribution in [-0.2, 0) is 16.8 Å². The van der Waals surface area contributed by atoms with Crippen molar-refractivity contribution in [2.45, 2.75) is 32.8 Å². The molecule has 0 atom stereocenters. The van der Waals surface area contributed by atoms with Crippen molar-refractivity contribution in [2.24, 2.45) is 0 Å². The number of nitrogens with zero attached hydrogens (tertiary/aromatic N) is 3. The van der Waals surface area contributed by atoms with Gasteiger partial charge in [-0.25, -0.2) is 0 Å². The van der Waals surface area contributed by atoms with Crippen LogP contribution in [0.5, 0.6) is 0 Å². The summed E-state index contributed by atoms with van der Waals surface area (Å²) >= 11 is 0. The molecule has 0 spiro atoms. The molecule has 2 aromatic carbocycles. The van der Waals surface area contributed by atoms with Gasteiger partial charge in [0, 0.05) is 5.41 Å². The summed E-state index contributed by atoms with van der Waals surface area (Å²) in [5, 5.41) is 14.4. The topological polar surface area (TPSA) is 83.2 Å². The van der Waals surface area contributed by atoms with Gasteiger partial charge >= 0.3 is 0 Å². The number of pyridine rings is 1. The van der Waals surface area contributed by atoms with Gasteiger partial charge in [-0.2, -0.15) is 9.78 Å². The van der Waals surface area contributed by atoms with Gasteiger partial charge < -0.3 is 9.72 Å². The molecule has 1 N–H and O–H groups in total. The lowest BCUT2D eigenvalue weighted by Crippen LogP contribution is -2.26. The molecular formula is C25H24N4O2. The van der Waals surface area contributed by atoms with Crippen molar-refractivity contribution < 1.29 is 4.74 Å². The molecule has 0 saturated carbocycles. The molecule has 0 radical (unpaired) electrons. The first-order valence-electron chi connectivity index (χ1n) is 10.2. The van der Waals surface area contributed by atoms with Crippen molar-refractivity contribution in [3.05, 3.63) is 93.5 Å². The number of aromatic nitrogens is 3. The van der Waals surface area contributed by atoms with Crippen LogP contribution in [0.2, 0.25) is 0 Å². The van der Waals surface area contributed by atoms with Gasteiger partial charge in [0.15, 0.2) is 5.65 Å². The van der Waals surface area contributed by atoms with E-state index >= 15 is 0 Å². The standard InChI is InChI=1S/C25H24N4O2/c1-17-20(14-26)22-27-24(25(2,3)16-31-15-18-10-6-4-7-11-18)28-29(22)23(30)21(17)19-12-8-5-9-13-19/h4-13H,15-16H2,1-3H3,(H,27,28). The molecule has 4 rings (SSSR count). The number of H-pyrrole nitrogens is 1. The second-order valence-corrected chi connectivity index (χ2v) is 8.25. The van der Waals surface area contributed by atoms with Crippen LogP contribution in [0.4, 0.5) is 0 Å². The normalized spacial score (nSPS) is 11.5. The van der Waals surface area contributed by atoms with E-state index in [0.717, 1.165) is 11.1 Å². The molecule has 4 aromatic rings. The van der Waals surface area contributed by atoms with Crippen LogP contribution >= 0.6 is 0 Å². The van der Waals surface area contributed by atoms with Crippen molar-refractivity contribution in [1.82, 2.24) is 14.6 Å². The minimum absolute atomic E-state index is 0.249. The van der Waals surface area contributed by atoms with Crippen molar-refractivity contribution in [3.63, 3.8) is 0 Å². The predicted molar refractivity (Wildman–Crippen MR) is 120 cm³/mol. The highest BCUT2D eigenvalue weighted by Crippen LogP contribution is 2.26. The number of ether oxygens (including phenoxy) is 1. The minimum atomic E-state index is -0.485. The van der Waals surface area contributed by atoms with Crippen molar-refractivity contribution in [3.8, 4) is 17.2 Å². The molecule has 0 saturated heterocycles. The van der Waals surface area contributed by atoms with Crippen LogP contribution in [0.1, 0.15) is 36.4 Å². The number of nitrogens with one attached hydrogen (secondary N) is 1. The summed E-state index contributed by atoms with van der Waals surface area (Å²) in [6, 6.07) is 21.6. The van der Waals surface area contributed by atoms with Gasteiger partial charge in [0.2, 0.25) is 0 Å². The summed E-state index contributed by atoms with van der Waals surface area (Å²) in [7, 11) is 0. The molecule has 0 unspecified atom stereocenters. The molecule has 0 bridgehead atoms. The number of rotatable bonds is 6. The molecular weight excluding hydrogens is 388 g/mol. The average molecular weight is 412 g/mol. The lowest BCUT2D eigenvalue weighted by atomic mass is 9.94. The Kier molecular flexibility index (Phi) is 5.45. The van der Waals surface area contributed by atoms with Crippen molar-refractivity contribution in [2.75, 3.05) is 6.61 Å². The van der Waals surface area contributed by atoms with E-state index in [4.69, 9.17) is 4.74 Å². The predicted octanol–water partition coefficient (Wildman–Crippen LogP) is 4.36. The Hall–Kier alpha value is -3.69. The maximum atomic E-state index is 13.3. The Morgan fingerprint density at radius 1 is 1.10 bits per heavy atom. The Labute approximate surface area is 180 Å². The maximum Gasteiger partial charge on any atom is 0.281 e. The molecule has 0 amide bonds. The zero-order valence-electron chi connectivity index (χ0n) is 17.8. The van der Waals surface area contributed by atoms with Gasteiger partial charge in [-0.1, -0.05) is 74.5 Å². The largest absolute Gasteiger partial charge is 0.376 e. The summed E-state index contributed by atoms with van der Waals surface area (Å²) in [4.78, 5) is 16.5. The van der Waals surface area contributed by atoms with Crippen LogP contribution in [0.3, 0.4) is 0 Å². The highest BCUT2D eigenvalue weighted by Gasteiger charge is 2.28. The number of nitriles is 1. The SMILES string of the molecule is Cc1c(-c2ccccc2)c(=O)n2nc(C(C)(C)COCc3ccccc3)[nH]c2c1C#N. The number of hydrogen-bond acceptors (Lipinski definition) is 4. The quantitative estimate of drug-likeness (QED) is 0.510. The monoisotopic (exact) mass is 412 g/mol. The molecule has 2 heterocycles. The second-order valence-electron chi connectivity index (χ2n) is 8.25. The summed E-state index contributed by atoms with van der Waals surface area (Å²) in [5.74, 6) is 0.596. The number of aromatic amines is 1. The highest BCUT2D eigenvalue weighted by atomic mass is 16.5. The smallest absolute Gasteiger partial charge is 0.281 e. The zero-order valence-corrected chi connectivity index (χ0v) is 17.8. The Balaban J connectivity index is 1.72. The first kappa shape index (κ1) is 20.6. The Bertz CT molecular complexity index is 1310. The molecule has 6 heteroatoms. The maximum absolute atomic E-state index is 13.3. The van der Waals surface area contributed by atoms with Crippen LogP contribution in [0.15, 0.2) is 65.5 Å². The molecule has 0 aliphatic rings. The first-order valence-corrected chi connectivity index (χ1v) is 10.2. The third-order valence-corrected chi connectivity index (χ3v) is 5.43. The van der Waals surface area contributed by atoms with E-state index < -0.39 is 5.41 Å². The molecule has 156 valence electrons. The van der Waals surface area contributed by atoms with Crippen LogP contribution in [0.25, 0.3) is 16.8 Å². The number of hydrogen-bond donors (Lipinski definition) is 1. The first-order chi connectivity index (χ1) is 14.9. The van der Waals surface area contributed by atoms with Gasteiger partial charge in [0.1, 0.15) is 11.9 Å². The van der Waals surface area contributed by atoms with E-state index in [-0.39, 0.29) is 5.56 Å². The molecule has 0 fully saturated rings. The fourth-order valence-corrected chi connectivity index (χ4v) is 3.68. The van der Waals surface area contributed by atoms with Crippen LogP contribution < -0.4 is 5.56 Å². The van der Waals surface area contributed by atoms with Crippen LogP contribution in [-0.4, -0.2) is 21.2 Å². The van der Waals surface area contributed by atoms with Crippen molar-refractivity contribution in [1.29, 1.82) is 5.26 Å². The van der Waals surface area contributed by atoms with E-state index in [0.29, 0.717) is 41.4 Å².